The number of aromatic nitrogens is 4. The van der Waals surface area contributed by atoms with Crippen LogP contribution in [0.25, 0.3) is 11.5 Å². The molecule has 3 heterocycles. The van der Waals surface area contributed by atoms with Crippen LogP contribution in [-0.4, -0.2) is 25.4 Å². The molecule has 0 fully saturated rings. The van der Waals surface area contributed by atoms with Crippen LogP contribution in [-0.2, 0) is 0 Å². The van der Waals surface area contributed by atoms with E-state index in [4.69, 9.17) is 4.42 Å². The van der Waals surface area contributed by atoms with Crippen molar-refractivity contribution < 1.29 is 4.42 Å². The van der Waals surface area contributed by atoms with Crippen molar-refractivity contribution in [1.29, 1.82) is 0 Å². The fraction of sp³-hybridized carbons (Fsp3) is 0.100. The molecule has 0 bridgehead atoms. The monoisotopic (exact) mass is 248 g/mol. The van der Waals surface area contributed by atoms with E-state index in [9.17, 15) is 4.79 Å². The fourth-order valence-electron chi connectivity index (χ4n) is 1.58. The zero-order valence-corrected chi connectivity index (χ0v) is 9.72. The summed E-state index contributed by atoms with van der Waals surface area (Å²) in [5.74, 6) is 0.434. The molecule has 0 unspecified atom stereocenters. The molecule has 0 aromatic carbocycles. The topological polar surface area (TPSA) is 65.3 Å². The summed E-state index contributed by atoms with van der Waals surface area (Å²) in [6.45, 7) is 0. The molecule has 0 amide bonds. The molecule has 0 atom stereocenters. The normalized spacial score (nSPS) is 11.1. The van der Waals surface area contributed by atoms with E-state index < -0.39 is 0 Å². The van der Waals surface area contributed by atoms with Crippen molar-refractivity contribution in [1.82, 2.24) is 19.2 Å². The van der Waals surface area contributed by atoms with Crippen LogP contribution < -0.4 is 5.69 Å². The Morgan fingerprint density at radius 2 is 2.29 bits per heavy atom. The third-order valence-electron chi connectivity index (χ3n) is 2.31. The van der Waals surface area contributed by atoms with Gasteiger partial charge in [-0.3, -0.25) is 0 Å². The van der Waals surface area contributed by atoms with Crippen LogP contribution in [0, 0.1) is 0 Å². The number of fused-ring (bicyclic) bond motifs is 1. The van der Waals surface area contributed by atoms with Crippen LogP contribution >= 0.6 is 11.8 Å². The average Bonchev–Trinajstić information content (AvgIpc) is 2.98. The van der Waals surface area contributed by atoms with E-state index in [1.165, 1.54) is 27.1 Å². The number of furan rings is 1. The summed E-state index contributed by atoms with van der Waals surface area (Å²) < 4.78 is 7.87. The minimum atomic E-state index is -0.292. The van der Waals surface area contributed by atoms with Crippen molar-refractivity contribution >= 4 is 17.4 Å². The molecule has 3 aromatic rings. The summed E-state index contributed by atoms with van der Waals surface area (Å²) in [7, 11) is 0. The standard InChI is InChI=1S/C10H8N4O2S/c1-17-9-12-7-4-5-11-14(7)10(15)13(9)8-3-2-6-16-8/h2-6H,1H3. The predicted octanol–water partition coefficient (Wildman–Crippen LogP) is 1.20. The molecular weight excluding hydrogens is 240 g/mol. The predicted molar refractivity (Wildman–Crippen MR) is 62.6 cm³/mol. The highest BCUT2D eigenvalue weighted by atomic mass is 32.2. The van der Waals surface area contributed by atoms with E-state index >= 15 is 0 Å². The molecule has 0 aliphatic heterocycles. The van der Waals surface area contributed by atoms with Gasteiger partial charge in [0.1, 0.15) is 0 Å². The van der Waals surface area contributed by atoms with Gasteiger partial charge >= 0.3 is 5.69 Å². The maximum absolute atomic E-state index is 12.2. The number of nitrogens with zero attached hydrogens (tertiary/aromatic N) is 4. The molecule has 0 saturated carbocycles. The van der Waals surface area contributed by atoms with E-state index in [1.54, 1.807) is 24.4 Å². The second-order valence-corrected chi connectivity index (χ2v) is 4.04. The van der Waals surface area contributed by atoms with E-state index in [2.05, 4.69) is 10.1 Å². The Balaban J connectivity index is 2.43. The number of hydrogen-bond donors (Lipinski definition) is 0. The lowest BCUT2D eigenvalue weighted by molar-refractivity contribution is 0.506. The Morgan fingerprint density at radius 1 is 1.41 bits per heavy atom. The third kappa shape index (κ3) is 1.47. The largest absolute Gasteiger partial charge is 0.448 e. The molecule has 6 nitrogen and oxygen atoms in total. The van der Waals surface area contributed by atoms with Gasteiger partial charge in [-0.25, -0.2) is 14.3 Å². The Morgan fingerprint density at radius 3 is 3.00 bits per heavy atom. The van der Waals surface area contributed by atoms with E-state index in [0.717, 1.165) is 0 Å². The lowest BCUT2D eigenvalue weighted by Crippen LogP contribution is -2.28. The van der Waals surface area contributed by atoms with Crippen molar-refractivity contribution in [3.8, 4) is 5.88 Å². The smallest absolute Gasteiger partial charge is 0.359 e. The third-order valence-corrected chi connectivity index (χ3v) is 2.94. The van der Waals surface area contributed by atoms with Crippen LogP contribution in [0.4, 0.5) is 0 Å². The minimum Gasteiger partial charge on any atom is -0.448 e. The van der Waals surface area contributed by atoms with Gasteiger partial charge in [-0.2, -0.15) is 9.61 Å². The lowest BCUT2D eigenvalue weighted by Gasteiger charge is -2.06. The summed E-state index contributed by atoms with van der Waals surface area (Å²) in [5, 5.41) is 4.50. The average molecular weight is 248 g/mol. The van der Waals surface area contributed by atoms with Gasteiger partial charge in [-0.15, -0.1) is 0 Å². The summed E-state index contributed by atoms with van der Waals surface area (Å²) in [4.78, 5) is 16.6. The van der Waals surface area contributed by atoms with Crippen LogP contribution in [0.1, 0.15) is 0 Å². The highest BCUT2D eigenvalue weighted by Gasteiger charge is 2.13. The zero-order valence-electron chi connectivity index (χ0n) is 8.90. The van der Waals surface area contributed by atoms with Gasteiger partial charge < -0.3 is 4.42 Å². The van der Waals surface area contributed by atoms with Gasteiger partial charge in [-0.1, -0.05) is 11.8 Å². The van der Waals surface area contributed by atoms with Crippen molar-refractivity contribution in [2.24, 2.45) is 0 Å². The fourth-order valence-corrected chi connectivity index (χ4v) is 2.11. The molecule has 0 aliphatic carbocycles. The van der Waals surface area contributed by atoms with Crippen molar-refractivity contribution in [3.05, 3.63) is 41.1 Å². The lowest BCUT2D eigenvalue weighted by atomic mass is 10.6. The Kier molecular flexibility index (Phi) is 2.25. The second-order valence-electron chi connectivity index (χ2n) is 3.27. The van der Waals surface area contributed by atoms with Gasteiger partial charge in [0.25, 0.3) is 0 Å². The molecule has 17 heavy (non-hydrogen) atoms. The minimum absolute atomic E-state index is 0.292. The number of thioether (sulfide) groups is 1. The first-order valence-electron chi connectivity index (χ1n) is 4.86. The summed E-state index contributed by atoms with van der Waals surface area (Å²) in [6, 6.07) is 5.12. The van der Waals surface area contributed by atoms with Gasteiger partial charge in [-0.05, 0) is 12.3 Å². The molecule has 3 rings (SSSR count). The molecular formula is C10H8N4O2S. The van der Waals surface area contributed by atoms with Gasteiger partial charge in [0.2, 0.25) is 5.88 Å². The van der Waals surface area contributed by atoms with Gasteiger partial charge in [0.15, 0.2) is 10.8 Å². The second kappa shape index (κ2) is 3.77. The van der Waals surface area contributed by atoms with E-state index in [-0.39, 0.29) is 5.69 Å². The van der Waals surface area contributed by atoms with Crippen LogP contribution in [0.5, 0.6) is 0 Å². The molecule has 3 aromatic heterocycles. The first-order chi connectivity index (χ1) is 8.31. The zero-order chi connectivity index (χ0) is 11.8. The SMILES string of the molecule is CSc1nc2ccnn2c(=O)n1-c1ccco1. The maximum Gasteiger partial charge on any atom is 0.359 e. The Labute approximate surface area is 99.9 Å². The molecule has 0 saturated heterocycles. The first kappa shape index (κ1) is 10.2. The van der Waals surface area contributed by atoms with Crippen LogP contribution in [0.2, 0.25) is 0 Å². The first-order valence-corrected chi connectivity index (χ1v) is 6.08. The van der Waals surface area contributed by atoms with Crippen LogP contribution in [0.3, 0.4) is 0 Å². The molecule has 0 N–H and O–H groups in total. The molecule has 86 valence electrons. The molecule has 0 aliphatic rings. The Hall–Kier alpha value is -2.02. The molecule has 0 radical (unpaired) electrons. The van der Waals surface area contributed by atoms with Gasteiger partial charge in [0, 0.05) is 12.1 Å². The van der Waals surface area contributed by atoms with Crippen molar-refractivity contribution in [2.45, 2.75) is 5.16 Å². The molecule has 0 spiro atoms. The van der Waals surface area contributed by atoms with E-state index in [0.29, 0.717) is 16.7 Å². The van der Waals surface area contributed by atoms with Crippen molar-refractivity contribution in [3.63, 3.8) is 0 Å². The van der Waals surface area contributed by atoms with Gasteiger partial charge in [0.05, 0.1) is 12.5 Å². The van der Waals surface area contributed by atoms with Crippen LogP contribution in [0.15, 0.2) is 45.0 Å². The summed E-state index contributed by atoms with van der Waals surface area (Å²) in [6.07, 6.45) is 4.91. The quantitative estimate of drug-likeness (QED) is 0.637. The Bertz CT molecular complexity index is 714. The van der Waals surface area contributed by atoms with Crippen molar-refractivity contribution in [2.75, 3.05) is 6.26 Å². The van der Waals surface area contributed by atoms with E-state index in [1.807, 2.05) is 6.26 Å². The maximum atomic E-state index is 12.2. The highest BCUT2D eigenvalue weighted by molar-refractivity contribution is 7.98. The molecule has 7 heteroatoms. The number of hydrogen-bond acceptors (Lipinski definition) is 5. The summed E-state index contributed by atoms with van der Waals surface area (Å²) in [5.41, 5.74) is 0.237. The number of rotatable bonds is 2. The highest BCUT2D eigenvalue weighted by Crippen LogP contribution is 2.16. The summed E-state index contributed by atoms with van der Waals surface area (Å²) >= 11 is 1.38.